The number of amides is 2. The molecular weight excluding hydrogens is 356 g/mol. The van der Waals surface area contributed by atoms with E-state index in [4.69, 9.17) is 0 Å². The number of carbonyl (C=O) groups excluding carboxylic acids is 2. The summed E-state index contributed by atoms with van der Waals surface area (Å²) in [6.45, 7) is 6.79. The normalized spacial score (nSPS) is 18.1. The molecule has 25 heavy (non-hydrogen) atoms. The summed E-state index contributed by atoms with van der Waals surface area (Å²) in [6, 6.07) is 3.43. The van der Waals surface area contributed by atoms with Crippen molar-refractivity contribution in [3.05, 3.63) is 28.1 Å². The van der Waals surface area contributed by atoms with Gasteiger partial charge in [0.2, 0.25) is 5.91 Å². The molecule has 0 saturated carbocycles. The topological polar surface area (TPSA) is 74.3 Å². The summed E-state index contributed by atoms with van der Waals surface area (Å²) in [5, 5.41) is 8.80. The Morgan fingerprint density at radius 1 is 1.36 bits per heavy atom. The number of nitrogens with zero attached hydrogens (tertiary/aromatic N) is 2. The van der Waals surface area contributed by atoms with Crippen molar-refractivity contribution in [1.29, 1.82) is 0 Å². The zero-order chi connectivity index (χ0) is 17.8. The fraction of sp³-hybridized carbons (Fsp3) is 0.471. The van der Waals surface area contributed by atoms with Crippen LogP contribution in [0.4, 0.5) is 10.1 Å². The Hall–Kier alpha value is -1.77. The molecule has 0 aliphatic carbocycles. The number of thiophene rings is 1. The third-order valence-electron chi connectivity index (χ3n) is 4.03. The maximum absolute atomic E-state index is 12.3. The van der Waals surface area contributed by atoms with Crippen LogP contribution < -0.4 is 10.6 Å². The number of carbonyl (C=O) groups is 2. The molecular formula is C17H22N4O2S2. The third kappa shape index (κ3) is 5.10. The van der Waals surface area contributed by atoms with E-state index >= 15 is 0 Å². The number of likely N-dealkylation sites (tertiary alicyclic amines) is 1. The lowest BCUT2D eigenvalue weighted by Gasteiger charge is -2.30. The van der Waals surface area contributed by atoms with Crippen LogP contribution in [0.2, 0.25) is 0 Å². The van der Waals surface area contributed by atoms with Crippen LogP contribution >= 0.6 is 22.7 Å². The molecule has 2 amide bonds. The van der Waals surface area contributed by atoms with Gasteiger partial charge in [-0.25, -0.2) is 4.98 Å². The molecule has 1 unspecified atom stereocenters. The zero-order valence-electron chi connectivity index (χ0n) is 14.4. The average molecular weight is 379 g/mol. The van der Waals surface area contributed by atoms with Gasteiger partial charge < -0.3 is 5.32 Å². The van der Waals surface area contributed by atoms with E-state index in [1.807, 2.05) is 5.38 Å². The number of piperidine rings is 1. The molecule has 0 spiro atoms. The molecule has 1 saturated heterocycles. The van der Waals surface area contributed by atoms with Crippen LogP contribution in [0.15, 0.2) is 17.5 Å². The second kappa shape index (κ2) is 8.07. The summed E-state index contributed by atoms with van der Waals surface area (Å²) in [5.74, 6) is 0.391. The predicted molar refractivity (Wildman–Crippen MR) is 102 cm³/mol. The number of anilines is 2. The van der Waals surface area contributed by atoms with Crippen molar-refractivity contribution in [2.24, 2.45) is 5.92 Å². The lowest BCUT2D eigenvalue weighted by atomic mass is 10.0. The van der Waals surface area contributed by atoms with Gasteiger partial charge in [0.15, 0.2) is 5.13 Å². The Morgan fingerprint density at radius 2 is 2.20 bits per heavy atom. The Bertz CT molecular complexity index is 755. The summed E-state index contributed by atoms with van der Waals surface area (Å²) in [7, 11) is 0. The highest BCUT2D eigenvalue weighted by Gasteiger charge is 2.18. The van der Waals surface area contributed by atoms with Crippen molar-refractivity contribution in [1.82, 2.24) is 9.88 Å². The number of nitrogens with one attached hydrogen (secondary N) is 2. The Kier molecular flexibility index (Phi) is 5.82. The standard InChI is InChI=1S/C17H22N4O2S2/c1-11-4-3-7-21(8-11)9-13-10-24-17(19-13)20-16(23)14-5-6-15(25-14)18-12(2)22/h5-6,10-11H,3-4,7-9H2,1-2H3,(H,18,22)(H,19,20,23). The third-order valence-corrected chi connectivity index (χ3v) is 5.83. The molecule has 2 aromatic heterocycles. The highest BCUT2D eigenvalue weighted by atomic mass is 32.1. The van der Waals surface area contributed by atoms with Crippen LogP contribution in [0.1, 0.15) is 42.1 Å². The van der Waals surface area contributed by atoms with Crippen molar-refractivity contribution in [2.75, 3.05) is 23.7 Å². The van der Waals surface area contributed by atoms with Crippen molar-refractivity contribution < 1.29 is 9.59 Å². The molecule has 1 aliphatic rings. The van der Waals surface area contributed by atoms with E-state index in [-0.39, 0.29) is 11.8 Å². The highest BCUT2D eigenvalue weighted by Crippen LogP contribution is 2.25. The molecule has 6 nitrogen and oxygen atoms in total. The number of thiazole rings is 1. The van der Waals surface area contributed by atoms with Gasteiger partial charge in [0.1, 0.15) is 0 Å². The fourth-order valence-corrected chi connectivity index (χ4v) is 4.50. The maximum atomic E-state index is 12.3. The summed E-state index contributed by atoms with van der Waals surface area (Å²) in [6.07, 6.45) is 2.54. The van der Waals surface area contributed by atoms with Gasteiger partial charge in [0.25, 0.3) is 5.91 Å². The smallest absolute Gasteiger partial charge is 0.267 e. The van der Waals surface area contributed by atoms with Gasteiger partial charge in [-0.3, -0.25) is 19.8 Å². The van der Waals surface area contributed by atoms with Gasteiger partial charge in [-0.2, -0.15) is 0 Å². The second-order valence-electron chi connectivity index (χ2n) is 6.43. The first-order valence-corrected chi connectivity index (χ1v) is 10.0. The van der Waals surface area contributed by atoms with E-state index < -0.39 is 0 Å². The number of rotatable bonds is 5. The van der Waals surface area contributed by atoms with Gasteiger partial charge in [0, 0.05) is 25.4 Å². The highest BCUT2D eigenvalue weighted by molar-refractivity contribution is 7.18. The lowest BCUT2D eigenvalue weighted by Crippen LogP contribution is -2.33. The molecule has 0 bridgehead atoms. The molecule has 8 heteroatoms. The Labute approximate surface area is 155 Å². The Morgan fingerprint density at radius 3 is 2.96 bits per heavy atom. The molecule has 0 radical (unpaired) electrons. The minimum Gasteiger partial charge on any atom is -0.318 e. The summed E-state index contributed by atoms with van der Waals surface area (Å²) >= 11 is 2.69. The monoisotopic (exact) mass is 378 g/mol. The van der Waals surface area contributed by atoms with E-state index in [1.165, 1.54) is 42.4 Å². The van der Waals surface area contributed by atoms with Gasteiger partial charge in [-0.15, -0.1) is 22.7 Å². The van der Waals surface area contributed by atoms with Gasteiger partial charge in [-0.05, 0) is 37.4 Å². The lowest BCUT2D eigenvalue weighted by molar-refractivity contribution is -0.114. The molecule has 3 heterocycles. The molecule has 1 aliphatic heterocycles. The SMILES string of the molecule is CC(=O)Nc1ccc(C(=O)Nc2nc(CN3CCCC(C)C3)cs2)s1. The van der Waals surface area contributed by atoms with Gasteiger partial charge in [0.05, 0.1) is 15.6 Å². The van der Waals surface area contributed by atoms with Crippen molar-refractivity contribution in [3.63, 3.8) is 0 Å². The van der Waals surface area contributed by atoms with Crippen LogP contribution in [-0.2, 0) is 11.3 Å². The maximum Gasteiger partial charge on any atom is 0.267 e. The summed E-state index contributed by atoms with van der Waals surface area (Å²) in [5.41, 5.74) is 1.000. The largest absolute Gasteiger partial charge is 0.318 e. The van der Waals surface area contributed by atoms with Gasteiger partial charge >= 0.3 is 0 Å². The number of aromatic nitrogens is 1. The van der Waals surface area contributed by atoms with E-state index in [2.05, 4.69) is 27.4 Å². The van der Waals surface area contributed by atoms with Crippen molar-refractivity contribution in [2.45, 2.75) is 33.2 Å². The van der Waals surface area contributed by atoms with Crippen LogP contribution in [-0.4, -0.2) is 34.8 Å². The quantitative estimate of drug-likeness (QED) is 0.833. The second-order valence-corrected chi connectivity index (χ2v) is 8.37. The molecule has 134 valence electrons. The first kappa shape index (κ1) is 18.0. The average Bonchev–Trinajstić information content (AvgIpc) is 3.16. The minimum absolute atomic E-state index is 0.148. The summed E-state index contributed by atoms with van der Waals surface area (Å²) in [4.78, 5) is 30.9. The number of hydrogen-bond acceptors (Lipinski definition) is 6. The van der Waals surface area contributed by atoms with Crippen LogP contribution in [0.5, 0.6) is 0 Å². The van der Waals surface area contributed by atoms with E-state index in [0.29, 0.717) is 15.0 Å². The van der Waals surface area contributed by atoms with Crippen LogP contribution in [0.25, 0.3) is 0 Å². The minimum atomic E-state index is -0.200. The van der Waals surface area contributed by atoms with Gasteiger partial charge in [-0.1, -0.05) is 6.92 Å². The van der Waals surface area contributed by atoms with Crippen molar-refractivity contribution >= 4 is 44.6 Å². The van der Waals surface area contributed by atoms with Crippen LogP contribution in [0, 0.1) is 5.92 Å². The molecule has 0 aromatic carbocycles. The van der Waals surface area contributed by atoms with Crippen LogP contribution in [0.3, 0.4) is 0 Å². The molecule has 2 N–H and O–H groups in total. The number of hydrogen-bond donors (Lipinski definition) is 2. The predicted octanol–water partition coefficient (Wildman–Crippen LogP) is 3.65. The molecule has 1 atom stereocenters. The van der Waals surface area contributed by atoms with E-state index in [0.717, 1.165) is 31.2 Å². The van der Waals surface area contributed by atoms with Crippen molar-refractivity contribution in [3.8, 4) is 0 Å². The summed E-state index contributed by atoms with van der Waals surface area (Å²) < 4.78 is 0. The van der Waals surface area contributed by atoms with E-state index in [9.17, 15) is 9.59 Å². The van der Waals surface area contributed by atoms with E-state index in [1.54, 1.807) is 12.1 Å². The zero-order valence-corrected chi connectivity index (χ0v) is 16.0. The first-order chi connectivity index (χ1) is 12.0. The molecule has 2 aromatic rings. The molecule has 1 fully saturated rings. The fourth-order valence-electron chi connectivity index (χ4n) is 2.96. The first-order valence-electron chi connectivity index (χ1n) is 8.35. The Balaban J connectivity index is 1.56. The molecule has 3 rings (SSSR count).